The van der Waals surface area contributed by atoms with Gasteiger partial charge in [-0.3, -0.25) is 4.79 Å². The third-order valence-corrected chi connectivity index (χ3v) is 5.49. The summed E-state index contributed by atoms with van der Waals surface area (Å²) in [6, 6.07) is 26.8. The van der Waals surface area contributed by atoms with Gasteiger partial charge in [-0.1, -0.05) is 54.2 Å². The number of rotatable bonds is 6. The summed E-state index contributed by atoms with van der Waals surface area (Å²) in [6.45, 7) is 0. The van der Waals surface area contributed by atoms with Gasteiger partial charge in [0.25, 0.3) is 5.91 Å². The zero-order valence-electron chi connectivity index (χ0n) is 14.7. The molecule has 0 radical (unpaired) electrons. The molecule has 0 atom stereocenters. The van der Waals surface area contributed by atoms with Crippen molar-refractivity contribution in [2.75, 3.05) is 10.6 Å². The number of nitrogens with one attached hydrogen (secondary N) is 2. The monoisotopic (exact) mass is 449 g/mol. The molecule has 3 aromatic rings. The van der Waals surface area contributed by atoms with E-state index in [1.165, 1.54) is 6.20 Å². The number of halogens is 1. The van der Waals surface area contributed by atoms with E-state index in [1.807, 2.05) is 84.9 Å². The topological polar surface area (TPSA) is 64.9 Å². The van der Waals surface area contributed by atoms with Gasteiger partial charge >= 0.3 is 0 Å². The van der Waals surface area contributed by atoms with Crippen LogP contribution in [0, 0.1) is 11.3 Å². The molecular weight excluding hydrogens is 434 g/mol. The molecule has 1 amide bonds. The van der Waals surface area contributed by atoms with E-state index in [0.717, 1.165) is 20.0 Å². The molecule has 4 nitrogen and oxygen atoms in total. The molecular formula is C22H16BrN3OS. The lowest BCUT2D eigenvalue weighted by Crippen LogP contribution is -2.15. The van der Waals surface area contributed by atoms with Crippen molar-refractivity contribution in [3.63, 3.8) is 0 Å². The number of amides is 1. The van der Waals surface area contributed by atoms with Crippen molar-refractivity contribution < 1.29 is 4.79 Å². The zero-order valence-corrected chi connectivity index (χ0v) is 17.1. The van der Waals surface area contributed by atoms with Gasteiger partial charge in [-0.25, -0.2) is 0 Å². The lowest BCUT2D eigenvalue weighted by atomic mass is 10.2. The first kappa shape index (κ1) is 19.7. The molecule has 0 spiro atoms. The van der Waals surface area contributed by atoms with Crippen LogP contribution in [0.5, 0.6) is 0 Å². The van der Waals surface area contributed by atoms with E-state index in [4.69, 9.17) is 0 Å². The molecule has 0 aliphatic carbocycles. The molecule has 0 aliphatic heterocycles. The molecule has 0 aliphatic rings. The minimum atomic E-state index is -0.469. The van der Waals surface area contributed by atoms with Crippen LogP contribution in [-0.2, 0) is 4.79 Å². The Bertz CT molecular complexity index is 1040. The first-order chi connectivity index (χ1) is 13.7. The number of nitriles is 1. The van der Waals surface area contributed by atoms with Crippen molar-refractivity contribution in [1.82, 2.24) is 0 Å². The Morgan fingerprint density at radius 3 is 2.29 bits per heavy atom. The van der Waals surface area contributed by atoms with Crippen LogP contribution in [0.25, 0.3) is 0 Å². The Balaban J connectivity index is 1.75. The minimum absolute atomic E-state index is 0.0183. The molecule has 3 aromatic carbocycles. The second-order valence-corrected chi connectivity index (χ2v) is 7.63. The summed E-state index contributed by atoms with van der Waals surface area (Å²) in [7, 11) is 0. The van der Waals surface area contributed by atoms with Crippen molar-refractivity contribution in [2.24, 2.45) is 0 Å². The normalized spacial score (nSPS) is 10.8. The van der Waals surface area contributed by atoms with Crippen LogP contribution in [-0.4, -0.2) is 5.91 Å². The van der Waals surface area contributed by atoms with Crippen LogP contribution >= 0.6 is 27.7 Å². The van der Waals surface area contributed by atoms with E-state index in [1.54, 1.807) is 11.8 Å². The predicted molar refractivity (Wildman–Crippen MR) is 117 cm³/mol. The smallest absolute Gasteiger partial charge is 0.267 e. The fourth-order valence-corrected chi connectivity index (χ4v) is 3.66. The van der Waals surface area contributed by atoms with Gasteiger partial charge in [0, 0.05) is 20.5 Å². The number of anilines is 2. The summed E-state index contributed by atoms with van der Waals surface area (Å²) in [5, 5.41) is 15.2. The lowest BCUT2D eigenvalue weighted by Gasteiger charge is -2.11. The van der Waals surface area contributed by atoms with Gasteiger partial charge in [0.1, 0.15) is 11.6 Å². The maximum atomic E-state index is 12.6. The number of carbonyl (C=O) groups is 1. The molecule has 0 aromatic heterocycles. The zero-order chi connectivity index (χ0) is 19.8. The quantitative estimate of drug-likeness (QED) is 0.354. The molecule has 0 heterocycles. The Hall–Kier alpha value is -3.01. The standard InChI is InChI=1S/C22H16BrN3OS/c23-18-10-4-5-11-19(18)25-15-16(14-24)22(27)26-20-12-6-7-13-21(20)28-17-8-2-1-3-9-17/h1-13,15,25H,(H,26,27)/b16-15-. The first-order valence-electron chi connectivity index (χ1n) is 8.42. The van der Waals surface area contributed by atoms with Gasteiger partial charge in [-0.2, -0.15) is 5.26 Å². The van der Waals surface area contributed by atoms with Crippen LogP contribution < -0.4 is 10.6 Å². The highest BCUT2D eigenvalue weighted by Gasteiger charge is 2.12. The summed E-state index contributed by atoms with van der Waals surface area (Å²) in [5.41, 5.74) is 1.40. The average molecular weight is 450 g/mol. The maximum Gasteiger partial charge on any atom is 0.267 e. The molecule has 3 rings (SSSR count). The molecule has 0 bridgehead atoms. The second-order valence-electron chi connectivity index (χ2n) is 5.66. The van der Waals surface area contributed by atoms with Crippen molar-refractivity contribution in [3.05, 3.63) is 95.1 Å². The fourth-order valence-electron chi connectivity index (χ4n) is 2.34. The Morgan fingerprint density at radius 1 is 0.929 bits per heavy atom. The molecule has 6 heteroatoms. The lowest BCUT2D eigenvalue weighted by molar-refractivity contribution is -0.112. The predicted octanol–water partition coefficient (Wildman–Crippen LogP) is 6.06. The molecule has 0 unspecified atom stereocenters. The van der Waals surface area contributed by atoms with E-state index < -0.39 is 5.91 Å². The van der Waals surface area contributed by atoms with Crippen LogP contribution in [0.4, 0.5) is 11.4 Å². The number of hydrogen-bond donors (Lipinski definition) is 2. The average Bonchev–Trinajstić information content (AvgIpc) is 2.72. The largest absolute Gasteiger partial charge is 0.359 e. The fraction of sp³-hybridized carbons (Fsp3) is 0. The van der Waals surface area contributed by atoms with Crippen molar-refractivity contribution >= 4 is 45.0 Å². The van der Waals surface area contributed by atoms with Crippen LogP contribution in [0.1, 0.15) is 0 Å². The van der Waals surface area contributed by atoms with Crippen molar-refractivity contribution in [1.29, 1.82) is 5.26 Å². The molecule has 0 saturated carbocycles. The highest BCUT2D eigenvalue weighted by molar-refractivity contribution is 9.10. The van der Waals surface area contributed by atoms with Gasteiger partial charge < -0.3 is 10.6 Å². The molecule has 138 valence electrons. The van der Waals surface area contributed by atoms with Crippen molar-refractivity contribution in [2.45, 2.75) is 9.79 Å². The number of carbonyl (C=O) groups excluding carboxylic acids is 1. The van der Waals surface area contributed by atoms with E-state index in [9.17, 15) is 10.1 Å². The van der Waals surface area contributed by atoms with Gasteiger partial charge in [-0.15, -0.1) is 0 Å². The van der Waals surface area contributed by atoms with E-state index in [0.29, 0.717) is 5.69 Å². The highest BCUT2D eigenvalue weighted by atomic mass is 79.9. The van der Waals surface area contributed by atoms with Gasteiger partial charge in [0.15, 0.2) is 0 Å². The van der Waals surface area contributed by atoms with E-state index >= 15 is 0 Å². The summed E-state index contributed by atoms with van der Waals surface area (Å²) in [6.07, 6.45) is 1.41. The van der Waals surface area contributed by atoms with Crippen LogP contribution in [0.3, 0.4) is 0 Å². The summed E-state index contributed by atoms with van der Waals surface area (Å²) in [5.74, 6) is -0.469. The highest BCUT2D eigenvalue weighted by Crippen LogP contribution is 2.33. The maximum absolute atomic E-state index is 12.6. The first-order valence-corrected chi connectivity index (χ1v) is 10.0. The summed E-state index contributed by atoms with van der Waals surface area (Å²) in [4.78, 5) is 14.6. The third kappa shape index (κ3) is 5.26. The SMILES string of the molecule is N#C/C(=C/Nc1ccccc1Br)C(=O)Nc1ccccc1Sc1ccccc1. The number of para-hydroxylation sites is 2. The minimum Gasteiger partial charge on any atom is -0.359 e. The van der Waals surface area contributed by atoms with Crippen LogP contribution in [0.15, 0.2) is 105 Å². The van der Waals surface area contributed by atoms with Gasteiger partial charge in [0.05, 0.1) is 11.4 Å². The second kappa shape index (κ2) is 9.79. The molecule has 0 saturated heterocycles. The summed E-state index contributed by atoms with van der Waals surface area (Å²) < 4.78 is 0.841. The Kier molecular flexibility index (Phi) is 6.90. The number of benzene rings is 3. The van der Waals surface area contributed by atoms with Gasteiger partial charge in [0.2, 0.25) is 0 Å². The molecule has 28 heavy (non-hydrogen) atoms. The van der Waals surface area contributed by atoms with E-state index in [2.05, 4.69) is 26.6 Å². The van der Waals surface area contributed by atoms with Crippen molar-refractivity contribution in [3.8, 4) is 6.07 Å². The Labute approximate surface area is 176 Å². The van der Waals surface area contributed by atoms with Gasteiger partial charge in [-0.05, 0) is 52.3 Å². The van der Waals surface area contributed by atoms with E-state index in [-0.39, 0.29) is 5.57 Å². The number of hydrogen-bond acceptors (Lipinski definition) is 4. The van der Waals surface area contributed by atoms with Crippen LogP contribution in [0.2, 0.25) is 0 Å². The molecule has 0 fully saturated rings. The number of nitrogens with zero attached hydrogens (tertiary/aromatic N) is 1. The summed E-state index contributed by atoms with van der Waals surface area (Å²) >= 11 is 4.97. The third-order valence-electron chi connectivity index (χ3n) is 3.72. The Morgan fingerprint density at radius 2 is 1.57 bits per heavy atom. The molecule has 2 N–H and O–H groups in total.